The van der Waals surface area contributed by atoms with Gasteiger partial charge in [-0.2, -0.15) is 10.2 Å². The number of hydrogen-bond acceptors (Lipinski definition) is 4. The highest BCUT2D eigenvalue weighted by atomic mass is 127. The molecule has 0 spiro atoms. The van der Waals surface area contributed by atoms with Crippen LogP contribution in [0.1, 0.15) is 10.3 Å². The van der Waals surface area contributed by atoms with Crippen molar-refractivity contribution in [1.29, 1.82) is 0 Å². The highest BCUT2D eigenvalue weighted by Gasteiger charge is 2.06. The maximum Gasteiger partial charge on any atom is 0.182 e. The summed E-state index contributed by atoms with van der Waals surface area (Å²) in [5, 5.41) is 13.2. The topological polar surface area (TPSA) is 72.3 Å². The molecule has 0 saturated carbocycles. The number of aromatic amines is 1. The van der Waals surface area contributed by atoms with Crippen LogP contribution in [0.25, 0.3) is 22.1 Å². The van der Waals surface area contributed by atoms with Crippen LogP contribution in [0, 0.1) is 7.40 Å². The minimum atomic E-state index is 0. The molecule has 6 nitrogen and oxygen atoms in total. The molecule has 0 aliphatic heterocycles. The summed E-state index contributed by atoms with van der Waals surface area (Å²) in [5.41, 5.74) is 1.68. The summed E-state index contributed by atoms with van der Waals surface area (Å²) in [5.74, 6) is 0. The van der Waals surface area contributed by atoms with E-state index < -0.39 is 0 Å². The van der Waals surface area contributed by atoms with E-state index in [1.54, 1.807) is 17.1 Å². The summed E-state index contributed by atoms with van der Waals surface area (Å²) < 4.78 is 35.7. The zero-order chi connectivity index (χ0) is 22.6. The summed E-state index contributed by atoms with van der Waals surface area (Å²) in [6.07, 6.45) is 3.51. The quantitative estimate of drug-likeness (QED) is 0.245. The predicted molar refractivity (Wildman–Crippen MR) is 122 cm³/mol. The van der Waals surface area contributed by atoms with E-state index in [0.717, 1.165) is 38.4 Å². The van der Waals surface area contributed by atoms with Crippen molar-refractivity contribution in [2.24, 2.45) is 7.05 Å². The summed E-state index contributed by atoms with van der Waals surface area (Å²) >= 11 is 11.1. The van der Waals surface area contributed by atoms with Crippen molar-refractivity contribution < 1.29 is 10.3 Å². The van der Waals surface area contributed by atoms with Crippen molar-refractivity contribution in [3.05, 3.63) is 40.9 Å². The van der Waals surface area contributed by atoms with E-state index in [-0.39, 0.29) is 1.43 Å². The van der Waals surface area contributed by atoms with Gasteiger partial charge in [0.1, 0.15) is 7.40 Å². The fourth-order valence-electron chi connectivity index (χ4n) is 1.92. The fourth-order valence-corrected chi connectivity index (χ4v) is 3.82. The highest BCUT2D eigenvalue weighted by Crippen LogP contribution is 2.21. The van der Waals surface area contributed by atoms with E-state index in [9.17, 15) is 0 Å². The number of fused-ring (bicyclic) bond motifs is 2. The van der Waals surface area contributed by atoms with Gasteiger partial charge in [-0.15, -0.1) is 0 Å². The number of nitrogens with zero attached hydrogens (tertiary/aromatic N) is 5. The molecule has 4 aromatic heterocycles. The van der Waals surface area contributed by atoms with Gasteiger partial charge in [-0.25, -0.2) is 14.6 Å². The SMILES string of the molecule is Brc1cnc2n[nH]c(I)c2c1.Cn1nc(I)c2cc(Br)cnc21.[2HH].[2H][2H].[2H][2H].[2H][2H]. The first-order valence-corrected chi connectivity index (χ1v) is 9.99. The smallest absolute Gasteiger partial charge is 0.182 e. The van der Waals surface area contributed by atoms with Crippen LogP contribution < -0.4 is 0 Å². The molecule has 126 valence electrons. The van der Waals surface area contributed by atoms with E-state index >= 15 is 0 Å². The van der Waals surface area contributed by atoms with E-state index in [1.165, 1.54) is 0 Å². The molecule has 0 atom stereocenters. The summed E-state index contributed by atoms with van der Waals surface area (Å²) in [6.45, 7) is 0. The molecule has 0 unspecified atom stereocenters. The molecule has 0 radical (unpaired) electrons. The molecule has 1 N–H and O–H groups in total. The standard InChI is InChI=1S/C7H5BrIN3.C6H3BrIN3.4H2/c1-12-7-5(6(9)11-12)2-4(8)3-10-7;7-3-1-4-5(8)10-11-6(4)9-2-3;;;;/h2-3H,1H3;1-2H,(H,9,10,11);4*1H/i;;3*1+1D;1+1. The third-order valence-corrected chi connectivity index (χ3v) is 5.42. The minimum Gasteiger partial charge on any atom is -0.269 e. The fraction of sp³-hybridized carbons (Fsp3) is 0.0769. The molecule has 4 aromatic rings. The van der Waals surface area contributed by atoms with Crippen LogP contribution in [-0.2, 0) is 7.05 Å². The highest BCUT2D eigenvalue weighted by molar-refractivity contribution is 14.1. The Balaban J connectivity index is 0. The number of pyridine rings is 2. The van der Waals surface area contributed by atoms with Crippen molar-refractivity contribution >= 4 is 99.1 Å². The van der Waals surface area contributed by atoms with E-state index in [0.29, 0.717) is 0 Å². The van der Waals surface area contributed by atoms with Crippen LogP contribution in [0.4, 0.5) is 0 Å². The van der Waals surface area contributed by atoms with Crippen molar-refractivity contribution in [2.45, 2.75) is 0 Å². The summed E-state index contributed by atoms with van der Waals surface area (Å²) in [4.78, 5) is 8.36. The van der Waals surface area contributed by atoms with Crippen LogP contribution in [0.2, 0.25) is 0 Å². The molecule has 0 bridgehead atoms. The average molecular weight is 677 g/mol. The number of aryl methyl sites for hydroxylation is 1. The van der Waals surface area contributed by atoms with E-state index in [1.807, 2.05) is 19.2 Å². The Labute approximate surface area is 186 Å². The van der Waals surface area contributed by atoms with Crippen LogP contribution in [0.5, 0.6) is 0 Å². The first-order chi connectivity index (χ1) is 14.0. The summed E-state index contributed by atoms with van der Waals surface area (Å²) in [6, 6.07) is 4.02. The molecule has 0 saturated heterocycles. The Kier molecular flexibility index (Phi) is 4.39. The van der Waals surface area contributed by atoms with Crippen molar-refractivity contribution in [2.75, 3.05) is 0 Å². The predicted octanol–water partition coefficient (Wildman–Crippen LogP) is 5.64. The lowest BCUT2D eigenvalue weighted by atomic mass is 10.4. The molecule has 0 amide bonds. The maximum absolute atomic E-state index is 5.00. The van der Waals surface area contributed by atoms with Crippen LogP contribution in [0.3, 0.4) is 0 Å². The third-order valence-electron chi connectivity index (χ3n) is 2.93. The molecule has 0 aliphatic carbocycles. The van der Waals surface area contributed by atoms with E-state index in [4.69, 9.17) is 8.91 Å². The zero-order valence-electron chi connectivity index (χ0n) is 17.6. The van der Waals surface area contributed by atoms with Crippen molar-refractivity contribution in [3.63, 3.8) is 0 Å². The molecule has 23 heavy (non-hydrogen) atoms. The Bertz CT molecular complexity index is 1020. The maximum atomic E-state index is 5.00. The second kappa shape index (κ2) is 7.27. The number of hydrogen-bond donors (Lipinski definition) is 1. The molecule has 0 fully saturated rings. The lowest BCUT2D eigenvalue weighted by molar-refractivity contribution is 0.777. The first kappa shape index (κ1) is 13.9. The lowest BCUT2D eigenvalue weighted by Crippen LogP contribution is -1.91. The second-order valence-electron chi connectivity index (χ2n) is 4.50. The number of H-pyrrole nitrogens is 1. The van der Waals surface area contributed by atoms with Crippen LogP contribution in [-0.4, -0.2) is 29.9 Å². The Morgan fingerprint density at radius 1 is 1.13 bits per heavy atom. The van der Waals surface area contributed by atoms with Gasteiger partial charge in [0.15, 0.2) is 11.3 Å². The zero-order valence-corrected chi connectivity index (χ0v) is 19.0. The molecule has 4 heterocycles. The number of halogens is 4. The lowest BCUT2D eigenvalue weighted by Gasteiger charge is -1.92. The molecule has 0 aliphatic rings. The number of aromatic nitrogens is 6. The van der Waals surface area contributed by atoms with Crippen LogP contribution >= 0.6 is 77.0 Å². The van der Waals surface area contributed by atoms with Gasteiger partial charge in [0.05, 0.1) is 10.8 Å². The van der Waals surface area contributed by atoms with Gasteiger partial charge in [-0.3, -0.25) is 5.10 Å². The summed E-state index contributed by atoms with van der Waals surface area (Å²) in [7, 11) is 1.89. The number of nitrogens with one attached hydrogen (secondary N) is 1. The molecular weight excluding hydrogens is 654 g/mol. The second-order valence-corrected chi connectivity index (χ2v) is 8.43. The minimum absolute atomic E-state index is 0. The van der Waals surface area contributed by atoms with Gasteiger partial charge >= 0.3 is 0 Å². The van der Waals surface area contributed by atoms with Gasteiger partial charge in [0, 0.05) is 38.7 Å². The van der Waals surface area contributed by atoms with Crippen molar-refractivity contribution in [3.8, 4) is 0 Å². The largest absolute Gasteiger partial charge is 0.269 e. The Hall–Kier alpha value is -0.340. The molecular formula is C13H16Br2I2N6. The normalized spacial score (nSPS) is 11.9. The molecule has 10 heteroatoms. The first-order valence-electron chi connectivity index (χ1n) is 9.24. The van der Waals surface area contributed by atoms with Gasteiger partial charge in [-0.1, -0.05) is 0 Å². The van der Waals surface area contributed by atoms with Gasteiger partial charge < -0.3 is 0 Å². The van der Waals surface area contributed by atoms with Crippen LogP contribution in [0.15, 0.2) is 33.5 Å². The van der Waals surface area contributed by atoms with Crippen molar-refractivity contribution in [1.82, 2.24) is 29.9 Å². The van der Waals surface area contributed by atoms with Gasteiger partial charge in [-0.05, 0) is 89.2 Å². The number of rotatable bonds is 0. The monoisotopic (exact) mass is 675 g/mol. The Morgan fingerprint density at radius 3 is 2.52 bits per heavy atom. The average Bonchev–Trinajstić information content (AvgIpc) is 3.26. The van der Waals surface area contributed by atoms with E-state index in [2.05, 4.69) is 102 Å². The molecule has 0 aromatic carbocycles. The van der Waals surface area contributed by atoms with Gasteiger partial charge in [0.25, 0.3) is 0 Å². The third kappa shape index (κ3) is 3.85. The van der Waals surface area contributed by atoms with Gasteiger partial charge in [0.2, 0.25) is 0 Å². The Morgan fingerprint density at radius 2 is 1.78 bits per heavy atom. The molecule has 4 rings (SSSR count).